The van der Waals surface area contributed by atoms with Crippen LogP contribution in [0.25, 0.3) is 0 Å². The van der Waals surface area contributed by atoms with E-state index in [-0.39, 0.29) is 6.10 Å². The SMILES string of the molecule is CC(CN)OC(=O)C(Br)(Br)Br. The third-order valence-electron chi connectivity index (χ3n) is 0.872. The maximum atomic E-state index is 11.0. The number of carbonyl (C=O) groups excluding carboxylic acids is 1. The Hall–Kier alpha value is 0.870. The summed E-state index contributed by atoms with van der Waals surface area (Å²) in [5, 5.41) is 0. The normalized spacial score (nSPS) is 14.3. The van der Waals surface area contributed by atoms with Gasteiger partial charge in [-0.25, -0.2) is 4.79 Å². The standard InChI is InChI=1S/C5H8Br3NO2/c1-3(2-9)11-4(10)5(6,7)8/h3H,2,9H2,1H3. The number of hydrogen-bond donors (Lipinski definition) is 1. The lowest BCUT2D eigenvalue weighted by atomic mass is 10.4. The molecule has 11 heavy (non-hydrogen) atoms. The molecule has 2 N–H and O–H groups in total. The third-order valence-corrected chi connectivity index (χ3v) is 1.84. The van der Waals surface area contributed by atoms with Crippen LogP contribution in [0.15, 0.2) is 0 Å². The van der Waals surface area contributed by atoms with E-state index in [1.54, 1.807) is 6.92 Å². The highest BCUT2D eigenvalue weighted by Gasteiger charge is 2.31. The Morgan fingerprint density at radius 3 is 2.36 bits per heavy atom. The molecule has 6 heteroatoms. The molecule has 0 aliphatic rings. The Bertz CT molecular complexity index is 145. The maximum absolute atomic E-state index is 11.0. The lowest BCUT2D eigenvalue weighted by Crippen LogP contribution is -2.29. The average molecular weight is 354 g/mol. The predicted molar refractivity (Wildman–Crippen MR) is 54.1 cm³/mol. The van der Waals surface area contributed by atoms with Crippen molar-refractivity contribution in [3.63, 3.8) is 0 Å². The van der Waals surface area contributed by atoms with Gasteiger partial charge >= 0.3 is 5.97 Å². The van der Waals surface area contributed by atoms with Gasteiger partial charge in [0.2, 0.25) is 2.14 Å². The van der Waals surface area contributed by atoms with Gasteiger partial charge in [0, 0.05) is 6.54 Å². The Labute approximate surface area is 90.4 Å². The second kappa shape index (κ2) is 4.79. The van der Waals surface area contributed by atoms with Crippen molar-refractivity contribution in [2.24, 2.45) is 5.73 Å². The fourth-order valence-electron chi connectivity index (χ4n) is 0.298. The number of hydrogen-bond acceptors (Lipinski definition) is 3. The molecule has 0 aliphatic heterocycles. The Balaban J connectivity index is 3.88. The van der Waals surface area contributed by atoms with Gasteiger partial charge in [0.1, 0.15) is 6.10 Å². The molecule has 0 heterocycles. The summed E-state index contributed by atoms with van der Waals surface area (Å²) in [6.07, 6.45) is -0.269. The van der Waals surface area contributed by atoms with Gasteiger partial charge in [-0.1, -0.05) is 0 Å². The molecule has 0 saturated heterocycles. The van der Waals surface area contributed by atoms with Gasteiger partial charge in [-0.05, 0) is 54.7 Å². The van der Waals surface area contributed by atoms with Crippen molar-refractivity contribution in [3.8, 4) is 0 Å². The summed E-state index contributed by atoms with van der Waals surface area (Å²) in [4.78, 5) is 11.0. The van der Waals surface area contributed by atoms with Crippen LogP contribution in [0, 0.1) is 0 Å². The van der Waals surface area contributed by atoms with E-state index < -0.39 is 8.11 Å². The lowest BCUT2D eigenvalue weighted by molar-refractivity contribution is -0.145. The summed E-state index contributed by atoms with van der Waals surface area (Å²) in [7, 11) is 0. The highest BCUT2D eigenvalue weighted by Crippen LogP contribution is 2.34. The first-order chi connectivity index (χ1) is 4.88. The van der Waals surface area contributed by atoms with Gasteiger partial charge in [-0.3, -0.25) is 0 Å². The van der Waals surface area contributed by atoms with E-state index in [0.29, 0.717) is 6.54 Å². The summed E-state index contributed by atoms with van der Waals surface area (Å²) < 4.78 is 3.87. The number of halogens is 3. The van der Waals surface area contributed by atoms with Crippen LogP contribution in [0.3, 0.4) is 0 Å². The molecule has 0 aromatic rings. The lowest BCUT2D eigenvalue weighted by Gasteiger charge is -2.15. The number of esters is 1. The molecule has 0 radical (unpaired) electrons. The smallest absolute Gasteiger partial charge is 0.345 e. The Kier molecular flexibility index (Phi) is 5.17. The van der Waals surface area contributed by atoms with Crippen molar-refractivity contribution in [1.82, 2.24) is 0 Å². The van der Waals surface area contributed by atoms with E-state index in [1.807, 2.05) is 0 Å². The molecule has 0 aromatic carbocycles. The van der Waals surface area contributed by atoms with Crippen molar-refractivity contribution in [3.05, 3.63) is 0 Å². The van der Waals surface area contributed by atoms with Gasteiger partial charge in [-0.2, -0.15) is 0 Å². The molecule has 0 saturated carbocycles. The summed E-state index contributed by atoms with van der Waals surface area (Å²) in [6.45, 7) is 2.03. The fraction of sp³-hybridized carbons (Fsp3) is 0.800. The summed E-state index contributed by atoms with van der Waals surface area (Å²) in [5.74, 6) is -0.449. The first-order valence-electron chi connectivity index (χ1n) is 2.85. The zero-order valence-corrected chi connectivity index (χ0v) is 10.6. The third kappa shape index (κ3) is 5.16. The zero-order valence-electron chi connectivity index (χ0n) is 5.81. The second-order valence-electron chi connectivity index (χ2n) is 1.95. The first-order valence-corrected chi connectivity index (χ1v) is 5.23. The van der Waals surface area contributed by atoms with Gasteiger partial charge in [0.05, 0.1) is 0 Å². The molecular weight excluding hydrogens is 346 g/mol. The quantitative estimate of drug-likeness (QED) is 0.607. The molecule has 0 amide bonds. The average Bonchev–Trinajstić information content (AvgIpc) is 1.85. The van der Waals surface area contributed by atoms with Crippen LogP contribution in [-0.4, -0.2) is 20.8 Å². The molecule has 0 rings (SSSR count). The molecule has 0 aliphatic carbocycles. The first kappa shape index (κ1) is 11.9. The van der Waals surface area contributed by atoms with E-state index in [2.05, 4.69) is 47.8 Å². The molecule has 0 aromatic heterocycles. The summed E-state index contributed by atoms with van der Waals surface area (Å²) >= 11 is 9.06. The fourth-order valence-corrected chi connectivity index (χ4v) is 0.578. The molecule has 1 unspecified atom stereocenters. The minimum atomic E-state index is -0.990. The number of rotatable bonds is 2. The molecule has 0 fully saturated rings. The van der Waals surface area contributed by atoms with Crippen molar-refractivity contribution in [1.29, 1.82) is 0 Å². The van der Waals surface area contributed by atoms with Crippen molar-refractivity contribution in [2.45, 2.75) is 15.2 Å². The Morgan fingerprint density at radius 2 is 2.09 bits per heavy atom. The van der Waals surface area contributed by atoms with Gasteiger partial charge in [0.25, 0.3) is 0 Å². The van der Waals surface area contributed by atoms with Crippen LogP contribution in [0.1, 0.15) is 6.92 Å². The predicted octanol–water partition coefficient (Wildman–Crippen LogP) is 1.72. The topological polar surface area (TPSA) is 52.3 Å². The second-order valence-corrected chi connectivity index (χ2v) is 8.71. The molecule has 66 valence electrons. The largest absolute Gasteiger partial charge is 0.459 e. The van der Waals surface area contributed by atoms with Crippen LogP contribution in [0.5, 0.6) is 0 Å². The van der Waals surface area contributed by atoms with E-state index in [1.165, 1.54) is 0 Å². The van der Waals surface area contributed by atoms with Gasteiger partial charge in [-0.15, -0.1) is 0 Å². The van der Waals surface area contributed by atoms with Crippen LogP contribution in [0.4, 0.5) is 0 Å². The van der Waals surface area contributed by atoms with Crippen LogP contribution >= 0.6 is 47.8 Å². The summed E-state index contributed by atoms with van der Waals surface area (Å²) in [6, 6.07) is 0. The number of ether oxygens (including phenoxy) is 1. The maximum Gasteiger partial charge on any atom is 0.345 e. The van der Waals surface area contributed by atoms with E-state index in [9.17, 15) is 4.79 Å². The van der Waals surface area contributed by atoms with Crippen LogP contribution < -0.4 is 5.73 Å². The zero-order chi connectivity index (χ0) is 9.07. The molecule has 0 spiro atoms. The molecule has 3 nitrogen and oxygen atoms in total. The minimum absolute atomic E-state index is 0.269. The number of alkyl halides is 3. The van der Waals surface area contributed by atoms with Gasteiger partial charge < -0.3 is 10.5 Å². The minimum Gasteiger partial charge on any atom is -0.459 e. The number of carbonyl (C=O) groups is 1. The molecule has 1 atom stereocenters. The van der Waals surface area contributed by atoms with Crippen LogP contribution in [0.2, 0.25) is 0 Å². The summed E-state index contributed by atoms with van der Waals surface area (Å²) in [5.41, 5.74) is 5.24. The Morgan fingerprint density at radius 1 is 1.64 bits per heavy atom. The highest BCUT2D eigenvalue weighted by molar-refractivity contribution is 9.40. The monoisotopic (exact) mass is 351 g/mol. The van der Waals surface area contributed by atoms with Crippen molar-refractivity contribution in [2.75, 3.05) is 6.54 Å². The molecule has 0 bridgehead atoms. The van der Waals surface area contributed by atoms with E-state index in [0.717, 1.165) is 0 Å². The van der Waals surface area contributed by atoms with E-state index >= 15 is 0 Å². The van der Waals surface area contributed by atoms with Gasteiger partial charge in [0.15, 0.2) is 0 Å². The van der Waals surface area contributed by atoms with Crippen LogP contribution in [-0.2, 0) is 9.53 Å². The van der Waals surface area contributed by atoms with Crippen molar-refractivity contribution < 1.29 is 9.53 Å². The van der Waals surface area contributed by atoms with Crippen molar-refractivity contribution >= 4 is 53.8 Å². The highest BCUT2D eigenvalue weighted by atomic mass is 80.0. The van der Waals surface area contributed by atoms with E-state index in [4.69, 9.17) is 10.5 Å². The number of nitrogens with two attached hydrogens (primary N) is 1. The molecular formula is C5H8Br3NO2.